The Morgan fingerprint density at radius 2 is 2.08 bits per heavy atom. The fraction of sp³-hybridized carbons (Fsp3) is 0.444. The van der Waals surface area contributed by atoms with Crippen LogP contribution in [0, 0.1) is 5.92 Å². The van der Waals surface area contributed by atoms with Crippen molar-refractivity contribution in [3.8, 4) is 5.88 Å². The number of nitrogens with zero attached hydrogens (tertiary/aromatic N) is 1. The van der Waals surface area contributed by atoms with Crippen LogP contribution in [0.15, 0.2) is 12.1 Å². The first-order chi connectivity index (χ1) is 6.09. The molecule has 1 rings (SSSR count). The van der Waals surface area contributed by atoms with Gasteiger partial charge in [0.1, 0.15) is 0 Å². The zero-order valence-corrected chi connectivity index (χ0v) is 7.95. The Morgan fingerprint density at radius 1 is 1.38 bits per heavy atom. The SMILES string of the molecule is CC(C)COc1ccc(N)c(N)n1. The molecule has 72 valence electrons. The highest BCUT2D eigenvalue weighted by Gasteiger charge is 2.00. The summed E-state index contributed by atoms with van der Waals surface area (Å²) in [5.74, 6) is 1.32. The highest BCUT2D eigenvalue weighted by Crippen LogP contribution is 2.16. The Morgan fingerprint density at radius 3 is 2.62 bits per heavy atom. The van der Waals surface area contributed by atoms with Crippen LogP contribution in [0.1, 0.15) is 13.8 Å². The van der Waals surface area contributed by atoms with E-state index in [4.69, 9.17) is 16.2 Å². The molecule has 1 heterocycles. The molecule has 0 aliphatic rings. The molecule has 0 saturated carbocycles. The number of nitrogen functional groups attached to an aromatic ring is 2. The largest absolute Gasteiger partial charge is 0.477 e. The van der Waals surface area contributed by atoms with Crippen LogP contribution in [0.25, 0.3) is 0 Å². The van der Waals surface area contributed by atoms with Crippen molar-refractivity contribution in [3.63, 3.8) is 0 Å². The molecule has 1 aromatic heterocycles. The quantitative estimate of drug-likeness (QED) is 0.736. The van der Waals surface area contributed by atoms with Gasteiger partial charge in [-0.3, -0.25) is 0 Å². The summed E-state index contributed by atoms with van der Waals surface area (Å²) in [6, 6.07) is 3.41. The van der Waals surface area contributed by atoms with Crippen LogP contribution in [0.2, 0.25) is 0 Å². The first-order valence-corrected chi connectivity index (χ1v) is 4.24. The summed E-state index contributed by atoms with van der Waals surface area (Å²) < 4.78 is 5.36. The van der Waals surface area contributed by atoms with Gasteiger partial charge in [0.25, 0.3) is 0 Å². The number of hydrogen-bond acceptors (Lipinski definition) is 4. The van der Waals surface area contributed by atoms with E-state index in [1.165, 1.54) is 0 Å². The number of nitrogens with two attached hydrogens (primary N) is 2. The Bertz CT molecular complexity index is 286. The van der Waals surface area contributed by atoms with Crippen molar-refractivity contribution >= 4 is 11.5 Å². The summed E-state index contributed by atoms with van der Waals surface area (Å²) >= 11 is 0. The summed E-state index contributed by atoms with van der Waals surface area (Å²) in [5, 5.41) is 0. The number of anilines is 2. The maximum atomic E-state index is 5.51. The molecular formula is C9H15N3O. The highest BCUT2D eigenvalue weighted by atomic mass is 16.5. The smallest absolute Gasteiger partial charge is 0.215 e. The molecule has 0 amide bonds. The van der Waals surface area contributed by atoms with E-state index in [1.54, 1.807) is 12.1 Å². The third-order valence-corrected chi connectivity index (χ3v) is 1.50. The number of aromatic nitrogens is 1. The average Bonchev–Trinajstić information content (AvgIpc) is 2.07. The molecule has 0 unspecified atom stereocenters. The number of hydrogen-bond donors (Lipinski definition) is 2. The van der Waals surface area contributed by atoms with Crippen molar-refractivity contribution in [1.82, 2.24) is 4.98 Å². The van der Waals surface area contributed by atoms with Crippen LogP contribution in [-0.2, 0) is 0 Å². The van der Waals surface area contributed by atoms with Gasteiger partial charge < -0.3 is 16.2 Å². The van der Waals surface area contributed by atoms with E-state index in [1.807, 2.05) is 0 Å². The standard InChI is InChI=1S/C9H15N3O/c1-6(2)5-13-8-4-3-7(10)9(11)12-8/h3-4,6H,5,10H2,1-2H3,(H2,11,12). The molecular weight excluding hydrogens is 166 g/mol. The Hall–Kier alpha value is -1.45. The Labute approximate surface area is 77.9 Å². The van der Waals surface area contributed by atoms with Crippen molar-refractivity contribution in [2.24, 2.45) is 5.92 Å². The average molecular weight is 181 g/mol. The number of pyridine rings is 1. The topological polar surface area (TPSA) is 74.2 Å². The summed E-state index contributed by atoms with van der Waals surface area (Å²) in [7, 11) is 0. The summed E-state index contributed by atoms with van der Waals surface area (Å²) in [6.07, 6.45) is 0. The molecule has 0 aliphatic heterocycles. The fourth-order valence-electron chi connectivity index (χ4n) is 0.799. The Balaban J connectivity index is 2.63. The van der Waals surface area contributed by atoms with Crippen LogP contribution in [-0.4, -0.2) is 11.6 Å². The van der Waals surface area contributed by atoms with Crippen LogP contribution in [0.4, 0.5) is 11.5 Å². The lowest BCUT2D eigenvalue weighted by molar-refractivity contribution is 0.262. The maximum Gasteiger partial charge on any atom is 0.215 e. The van der Waals surface area contributed by atoms with E-state index in [9.17, 15) is 0 Å². The normalized spacial score (nSPS) is 10.4. The first-order valence-electron chi connectivity index (χ1n) is 4.24. The minimum Gasteiger partial charge on any atom is -0.477 e. The monoisotopic (exact) mass is 181 g/mol. The van der Waals surface area contributed by atoms with Crippen LogP contribution >= 0.6 is 0 Å². The van der Waals surface area contributed by atoms with E-state index in [2.05, 4.69) is 18.8 Å². The Kier molecular flexibility index (Phi) is 2.95. The minimum atomic E-state index is 0.321. The zero-order valence-electron chi connectivity index (χ0n) is 7.95. The van der Waals surface area contributed by atoms with Crippen molar-refractivity contribution in [3.05, 3.63) is 12.1 Å². The summed E-state index contributed by atoms with van der Waals surface area (Å²) in [5.41, 5.74) is 11.5. The first kappa shape index (κ1) is 9.64. The lowest BCUT2D eigenvalue weighted by Crippen LogP contribution is -2.07. The third kappa shape index (κ3) is 2.82. The van der Waals surface area contributed by atoms with Crippen molar-refractivity contribution < 1.29 is 4.74 Å². The van der Waals surface area contributed by atoms with Crippen molar-refractivity contribution in [1.29, 1.82) is 0 Å². The molecule has 4 nitrogen and oxygen atoms in total. The molecule has 0 spiro atoms. The molecule has 0 radical (unpaired) electrons. The van der Waals surface area contributed by atoms with Gasteiger partial charge in [0, 0.05) is 6.07 Å². The molecule has 0 fully saturated rings. The molecule has 4 N–H and O–H groups in total. The zero-order chi connectivity index (χ0) is 9.84. The second-order valence-electron chi connectivity index (χ2n) is 3.33. The van der Waals surface area contributed by atoms with Crippen LogP contribution < -0.4 is 16.2 Å². The predicted molar refractivity (Wildman–Crippen MR) is 53.4 cm³/mol. The number of ether oxygens (including phenoxy) is 1. The second-order valence-corrected chi connectivity index (χ2v) is 3.33. The predicted octanol–water partition coefficient (Wildman–Crippen LogP) is 1.28. The van der Waals surface area contributed by atoms with Gasteiger partial charge >= 0.3 is 0 Å². The van der Waals surface area contributed by atoms with Gasteiger partial charge in [-0.25, -0.2) is 0 Å². The lowest BCUT2D eigenvalue weighted by atomic mass is 10.2. The molecule has 0 aromatic carbocycles. The van der Waals surface area contributed by atoms with Gasteiger partial charge in [-0.2, -0.15) is 4.98 Å². The van der Waals surface area contributed by atoms with Gasteiger partial charge in [-0.1, -0.05) is 13.8 Å². The van der Waals surface area contributed by atoms with Gasteiger partial charge in [0.05, 0.1) is 12.3 Å². The van der Waals surface area contributed by atoms with Crippen LogP contribution in [0.5, 0.6) is 5.88 Å². The van der Waals surface area contributed by atoms with Gasteiger partial charge in [0.15, 0.2) is 5.82 Å². The maximum absolute atomic E-state index is 5.51. The molecule has 1 aromatic rings. The van der Waals surface area contributed by atoms with Gasteiger partial charge in [-0.15, -0.1) is 0 Å². The van der Waals surface area contributed by atoms with Crippen LogP contribution in [0.3, 0.4) is 0 Å². The summed E-state index contributed by atoms with van der Waals surface area (Å²) in [6.45, 7) is 4.78. The molecule has 13 heavy (non-hydrogen) atoms. The number of rotatable bonds is 3. The molecule has 0 bridgehead atoms. The molecule has 4 heteroatoms. The van der Waals surface area contributed by atoms with Crippen molar-refractivity contribution in [2.45, 2.75) is 13.8 Å². The minimum absolute atomic E-state index is 0.321. The fourth-order valence-corrected chi connectivity index (χ4v) is 0.799. The molecule has 0 aliphatic carbocycles. The third-order valence-electron chi connectivity index (χ3n) is 1.50. The van der Waals surface area contributed by atoms with Gasteiger partial charge in [0.2, 0.25) is 5.88 Å². The highest BCUT2D eigenvalue weighted by molar-refractivity contribution is 5.58. The molecule has 0 atom stereocenters. The van der Waals surface area contributed by atoms with Gasteiger partial charge in [-0.05, 0) is 12.0 Å². The van der Waals surface area contributed by atoms with Crippen molar-refractivity contribution in [2.75, 3.05) is 18.1 Å². The van der Waals surface area contributed by atoms with E-state index in [0.717, 1.165) is 0 Å². The van der Waals surface area contributed by atoms with E-state index < -0.39 is 0 Å². The lowest BCUT2D eigenvalue weighted by Gasteiger charge is -2.08. The molecule has 0 saturated heterocycles. The second kappa shape index (κ2) is 3.98. The summed E-state index contributed by atoms with van der Waals surface area (Å²) in [4.78, 5) is 3.98. The van der Waals surface area contributed by atoms with E-state index >= 15 is 0 Å². The van der Waals surface area contributed by atoms with E-state index in [0.29, 0.717) is 29.9 Å². The van der Waals surface area contributed by atoms with E-state index in [-0.39, 0.29) is 0 Å².